The highest BCUT2D eigenvalue weighted by Crippen LogP contribution is 2.31. The smallest absolute Gasteiger partial charge is 0.337 e. The number of carboxylic acids is 1. The van der Waals surface area contributed by atoms with Crippen molar-refractivity contribution in [2.45, 2.75) is 19.8 Å². The van der Waals surface area contributed by atoms with Gasteiger partial charge in [0, 0.05) is 26.6 Å². The van der Waals surface area contributed by atoms with Crippen LogP contribution in [0.3, 0.4) is 0 Å². The second-order valence-corrected chi connectivity index (χ2v) is 5.42. The molecule has 21 heavy (non-hydrogen) atoms. The van der Waals surface area contributed by atoms with Gasteiger partial charge in [0.05, 0.1) is 16.9 Å². The van der Waals surface area contributed by atoms with Crippen LogP contribution in [-0.4, -0.2) is 36.6 Å². The molecule has 0 atom stereocenters. The molecule has 0 bridgehead atoms. The molecule has 0 aromatic heterocycles. The average molecular weight is 291 g/mol. The van der Waals surface area contributed by atoms with Crippen molar-refractivity contribution in [1.29, 1.82) is 0 Å². The Balaban J connectivity index is 2.06. The fourth-order valence-electron chi connectivity index (χ4n) is 2.74. The van der Waals surface area contributed by atoms with Crippen molar-refractivity contribution in [3.05, 3.63) is 23.8 Å². The number of amides is 1. The number of aromatic carboxylic acids is 1. The number of benzene rings is 1. The predicted molar refractivity (Wildman–Crippen MR) is 81.4 cm³/mol. The molecule has 1 aromatic rings. The molecule has 114 valence electrons. The first-order valence-corrected chi connectivity index (χ1v) is 7.10. The van der Waals surface area contributed by atoms with Gasteiger partial charge in [0.25, 0.3) is 0 Å². The summed E-state index contributed by atoms with van der Waals surface area (Å²) in [5.74, 6) is -0.543. The Morgan fingerprint density at radius 2 is 2.05 bits per heavy atom. The van der Waals surface area contributed by atoms with Gasteiger partial charge >= 0.3 is 5.97 Å². The molecule has 1 aromatic carbocycles. The minimum Gasteiger partial charge on any atom is -0.478 e. The normalized spacial score (nSPS) is 15.8. The number of rotatable bonds is 4. The van der Waals surface area contributed by atoms with Crippen LogP contribution in [0.4, 0.5) is 11.4 Å². The number of carbonyl (C=O) groups excluding carboxylic acids is 1. The summed E-state index contributed by atoms with van der Waals surface area (Å²) in [5, 5.41) is 12.1. The lowest BCUT2D eigenvalue weighted by Gasteiger charge is -2.35. The molecular weight excluding hydrogens is 270 g/mol. The zero-order chi connectivity index (χ0) is 15.4. The molecule has 1 amide bonds. The van der Waals surface area contributed by atoms with E-state index >= 15 is 0 Å². The van der Waals surface area contributed by atoms with Crippen LogP contribution in [0.2, 0.25) is 0 Å². The van der Waals surface area contributed by atoms with Crippen molar-refractivity contribution in [3.63, 3.8) is 0 Å². The summed E-state index contributed by atoms with van der Waals surface area (Å²) in [6.07, 6.45) is 1.82. The molecule has 0 aliphatic carbocycles. The zero-order valence-corrected chi connectivity index (χ0v) is 12.1. The van der Waals surface area contributed by atoms with E-state index in [1.165, 1.54) is 6.92 Å². The lowest BCUT2D eigenvalue weighted by atomic mass is 9.95. The van der Waals surface area contributed by atoms with Gasteiger partial charge < -0.3 is 21.1 Å². The maximum Gasteiger partial charge on any atom is 0.337 e. The van der Waals surface area contributed by atoms with Gasteiger partial charge in [-0.05, 0) is 30.9 Å². The van der Waals surface area contributed by atoms with Crippen LogP contribution < -0.4 is 16.0 Å². The molecule has 1 heterocycles. The van der Waals surface area contributed by atoms with E-state index in [-0.39, 0.29) is 11.5 Å². The van der Waals surface area contributed by atoms with Gasteiger partial charge in [0.15, 0.2) is 0 Å². The molecule has 6 heteroatoms. The third-order valence-electron chi connectivity index (χ3n) is 3.87. The standard InChI is InChI=1S/C15H21N3O3/c1-10(19)17-9-11-5-7-18(8-6-11)14-12(15(20)21)3-2-4-13(14)16/h2-4,11H,5-9,16H2,1H3,(H,17,19)(H,20,21). The van der Waals surface area contributed by atoms with Gasteiger partial charge in [0.2, 0.25) is 5.91 Å². The van der Waals surface area contributed by atoms with Crippen LogP contribution in [0.5, 0.6) is 0 Å². The topological polar surface area (TPSA) is 95.7 Å². The van der Waals surface area contributed by atoms with Gasteiger partial charge in [-0.25, -0.2) is 4.79 Å². The second kappa shape index (κ2) is 6.47. The zero-order valence-electron chi connectivity index (χ0n) is 12.1. The van der Waals surface area contributed by atoms with Crippen molar-refractivity contribution in [1.82, 2.24) is 5.32 Å². The monoisotopic (exact) mass is 291 g/mol. The van der Waals surface area contributed by atoms with Crippen LogP contribution in [0.1, 0.15) is 30.1 Å². The number of piperidine rings is 1. The van der Waals surface area contributed by atoms with Crippen LogP contribution in [-0.2, 0) is 4.79 Å². The fourth-order valence-corrected chi connectivity index (χ4v) is 2.74. The summed E-state index contributed by atoms with van der Waals surface area (Å²) < 4.78 is 0. The van der Waals surface area contributed by atoms with Crippen LogP contribution in [0.25, 0.3) is 0 Å². The van der Waals surface area contributed by atoms with Crippen LogP contribution >= 0.6 is 0 Å². The van der Waals surface area contributed by atoms with E-state index in [0.29, 0.717) is 23.8 Å². The maximum atomic E-state index is 11.3. The Labute approximate surface area is 123 Å². The van der Waals surface area contributed by atoms with E-state index in [4.69, 9.17) is 5.73 Å². The molecule has 4 N–H and O–H groups in total. The third-order valence-corrected chi connectivity index (χ3v) is 3.87. The highest BCUT2D eigenvalue weighted by Gasteiger charge is 2.24. The Morgan fingerprint density at radius 1 is 1.38 bits per heavy atom. The predicted octanol–water partition coefficient (Wildman–Crippen LogP) is 1.32. The number of nitrogen functional groups attached to an aromatic ring is 1. The first-order valence-electron chi connectivity index (χ1n) is 7.10. The summed E-state index contributed by atoms with van der Waals surface area (Å²) in [4.78, 5) is 24.3. The maximum absolute atomic E-state index is 11.3. The van der Waals surface area contributed by atoms with Crippen molar-refractivity contribution in [2.75, 3.05) is 30.3 Å². The molecule has 0 saturated carbocycles. The lowest BCUT2D eigenvalue weighted by molar-refractivity contribution is -0.119. The Hall–Kier alpha value is -2.24. The fraction of sp³-hybridized carbons (Fsp3) is 0.467. The van der Waals surface area contributed by atoms with Crippen molar-refractivity contribution < 1.29 is 14.7 Å². The molecule has 0 unspecified atom stereocenters. The SMILES string of the molecule is CC(=O)NCC1CCN(c2c(N)cccc2C(=O)O)CC1. The number of nitrogens with zero attached hydrogens (tertiary/aromatic N) is 1. The van der Waals surface area contributed by atoms with Crippen molar-refractivity contribution >= 4 is 23.3 Å². The van der Waals surface area contributed by atoms with E-state index in [0.717, 1.165) is 25.9 Å². The number of carboxylic acid groups (broad SMARTS) is 1. The first-order chi connectivity index (χ1) is 9.99. The number of anilines is 2. The van der Waals surface area contributed by atoms with Gasteiger partial charge in [-0.3, -0.25) is 4.79 Å². The number of para-hydroxylation sites is 1. The van der Waals surface area contributed by atoms with Crippen molar-refractivity contribution in [2.24, 2.45) is 5.92 Å². The summed E-state index contributed by atoms with van der Waals surface area (Å²) in [5.41, 5.74) is 7.32. The Bertz CT molecular complexity index is 537. The van der Waals surface area contributed by atoms with Gasteiger partial charge in [-0.15, -0.1) is 0 Å². The van der Waals surface area contributed by atoms with E-state index in [1.807, 2.05) is 4.90 Å². The first kappa shape index (κ1) is 15.2. The van der Waals surface area contributed by atoms with Crippen molar-refractivity contribution in [3.8, 4) is 0 Å². The number of hydrogen-bond donors (Lipinski definition) is 3. The largest absolute Gasteiger partial charge is 0.478 e. The van der Waals surface area contributed by atoms with Crippen LogP contribution in [0.15, 0.2) is 18.2 Å². The molecule has 0 spiro atoms. The van der Waals surface area contributed by atoms with Gasteiger partial charge in [-0.1, -0.05) is 6.07 Å². The number of nitrogens with one attached hydrogen (secondary N) is 1. The quantitative estimate of drug-likeness (QED) is 0.727. The summed E-state index contributed by atoms with van der Waals surface area (Å²) in [6, 6.07) is 4.97. The van der Waals surface area contributed by atoms with E-state index in [1.54, 1.807) is 18.2 Å². The van der Waals surface area contributed by atoms with Crippen LogP contribution in [0, 0.1) is 5.92 Å². The summed E-state index contributed by atoms with van der Waals surface area (Å²) >= 11 is 0. The molecule has 1 aliphatic heterocycles. The van der Waals surface area contributed by atoms with E-state index in [2.05, 4.69) is 5.32 Å². The minimum atomic E-state index is -0.960. The number of carbonyl (C=O) groups is 2. The summed E-state index contributed by atoms with van der Waals surface area (Å²) in [7, 11) is 0. The molecule has 6 nitrogen and oxygen atoms in total. The second-order valence-electron chi connectivity index (χ2n) is 5.42. The number of nitrogens with two attached hydrogens (primary N) is 1. The molecular formula is C15H21N3O3. The third kappa shape index (κ3) is 3.65. The average Bonchev–Trinajstić information content (AvgIpc) is 2.45. The Kier molecular flexibility index (Phi) is 4.67. The lowest BCUT2D eigenvalue weighted by Crippen LogP contribution is -2.39. The Morgan fingerprint density at radius 3 is 2.62 bits per heavy atom. The highest BCUT2D eigenvalue weighted by molar-refractivity contribution is 5.98. The van der Waals surface area contributed by atoms with E-state index in [9.17, 15) is 14.7 Å². The van der Waals surface area contributed by atoms with Gasteiger partial charge in [-0.2, -0.15) is 0 Å². The molecule has 1 aliphatic rings. The van der Waals surface area contributed by atoms with E-state index < -0.39 is 5.97 Å². The molecule has 2 rings (SSSR count). The molecule has 1 fully saturated rings. The molecule has 1 saturated heterocycles. The minimum absolute atomic E-state index is 0.0158. The molecule has 0 radical (unpaired) electrons. The number of hydrogen-bond acceptors (Lipinski definition) is 4. The van der Waals surface area contributed by atoms with Gasteiger partial charge in [0.1, 0.15) is 0 Å². The summed E-state index contributed by atoms with van der Waals surface area (Å²) in [6.45, 7) is 3.69. The highest BCUT2D eigenvalue weighted by atomic mass is 16.4.